The molecule has 2 rings (SSSR count). The molecule has 0 spiro atoms. The lowest BCUT2D eigenvalue weighted by Gasteiger charge is -2.14. The van der Waals surface area contributed by atoms with Crippen molar-refractivity contribution in [3.63, 3.8) is 0 Å². The Balaban J connectivity index is 0.00000127. The van der Waals surface area contributed by atoms with Crippen LogP contribution >= 0.6 is 0 Å². The lowest BCUT2D eigenvalue weighted by Crippen LogP contribution is -2.04. The minimum atomic E-state index is 0.154. The van der Waals surface area contributed by atoms with E-state index in [4.69, 9.17) is 25.7 Å². The van der Waals surface area contributed by atoms with Crippen molar-refractivity contribution < 1.29 is 14.2 Å². The van der Waals surface area contributed by atoms with Gasteiger partial charge in [-0.15, -0.1) is 0 Å². The van der Waals surface area contributed by atoms with E-state index in [9.17, 15) is 0 Å². The molecule has 126 valence electrons. The molecule has 23 heavy (non-hydrogen) atoms. The summed E-state index contributed by atoms with van der Waals surface area (Å²) in [4.78, 5) is 7.90. The number of anilines is 2. The number of nitrogen functional groups attached to an aromatic ring is 2. The first-order valence-electron chi connectivity index (χ1n) is 7.24. The van der Waals surface area contributed by atoms with Gasteiger partial charge < -0.3 is 25.7 Å². The highest BCUT2D eigenvalue weighted by atomic mass is 16.5. The highest BCUT2D eigenvalue weighted by Gasteiger charge is 2.14. The van der Waals surface area contributed by atoms with Gasteiger partial charge in [-0.25, -0.2) is 4.98 Å². The van der Waals surface area contributed by atoms with Crippen LogP contribution in [0.2, 0.25) is 0 Å². The summed E-state index contributed by atoms with van der Waals surface area (Å²) in [5.74, 6) is 2.23. The molecule has 0 atom stereocenters. The van der Waals surface area contributed by atoms with Crippen LogP contribution in [0.15, 0.2) is 18.3 Å². The molecule has 7 heteroatoms. The molecule has 0 fully saturated rings. The highest BCUT2D eigenvalue weighted by Crippen LogP contribution is 2.38. The van der Waals surface area contributed by atoms with E-state index in [1.807, 2.05) is 26.0 Å². The molecule has 0 aliphatic heterocycles. The van der Waals surface area contributed by atoms with E-state index in [0.29, 0.717) is 29.5 Å². The molecule has 1 aromatic carbocycles. The van der Waals surface area contributed by atoms with E-state index in [-0.39, 0.29) is 5.95 Å². The van der Waals surface area contributed by atoms with Crippen LogP contribution in [0.25, 0.3) is 0 Å². The molecule has 0 unspecified atom stereocenters. The van der Waals surface area contributed by atoms with Gasteiger partial charge in [0.05, 0.1) is 21.3 Å². The third-order valence-electron chi connectivity index (χ3n) is 3.04. The quantitative estimate of drug-likeness (QED) is 0.870. The first-order valence-corrected chi connectivity index (χ1v) is 7.24. The Morgan fingerprint density at radius 2 is 1.52 bits per heavy atom. The predicted molar refractivity (Wildman–Crippen MR) is 91.1 cm³/mol. The van der Waals surface area contributed by atoms with Crippen LogP contribution in [0.1, 0.15) is 25.0 Å². The van der Waals surface area contributed by atoms with Gasteiger partial charge in [-0.3, -0.25) is 0 Å². The van der Waals surface area contributed by atoms with E-state index in [1.54, 1.807) is 27.5 Å². The summed E-state index contributed by atoms with van der Waals surface area (Å²) in [6, 6.07) is 3.72. The predicted octanol–water partition coefficient (Wildman–Crippen LogP) is 2.28. The molecule has 1 heterocycles. The monoisotopic (exact) mass is 320 g/mol. The fraction of sp³-hybridized carbons (Fsp3) is 0.375. The standard InChI is InChI=1S/C14H18N4O3.C2H6/c1-19-10-5-8(6-11(20-2)12(10)21-3)4-9-7-17-14(16)18-13(9)15;1-2/h5-7H,4H2,1-3H3,(H4,15,16,17,18);1-2H3. The Labute approximate surface area is 136 Å². The van der Waals surface area contributed by atoms with Gasteiger partial charge in [-0.2, -0.15) is 4.98 Å². The van der Waals surface area contributed by atoms with Crippen LogP contribution in [-0.4, -0.2) is 31.3 Å². The number of rotatable bonds is 5. The lowest BCUT2D eigenvalue weighted by atomic mass is 10.1. The first kappa shape index (κ1) is 18.3. The molecule has 0 radical (unpaired) electrons. The molecule has 7 nitrogen and oxygen atoms in total. The summed E-state index contributed by atoms with van der Waals surface area (Å²) >= 11 is 0. The van der Waals surface area contributed by atoms with Gasteiger partial charge >= 0.3 is 0 Å². The largest absolute Gasteiger partial charge is 0.493 e. The normalized spacial score (nSPS) is 9.61. The second kappa shape index (κ2) is 8.67. The fourth-order valence-electron chi connectivity index (χ4n) is 2.03. The number of hydrogen-bond donors (Lipinski definition) is 2. The third-order valence-corrected chi connectivity index (χ3v) is 3.04. The summed E-state index contributed by atoms with van der Waals surface area (Å²) in [6.45, 7) is 4.00. The number of aromatic nitrogens is 2. The van der Waals surface area contributed by atoms with Crippen molar-refractivity contribution >= 4 is 11.8 Å². The van der Waals surface area contributed by atoms with Crippen LogP contribution in [0.3, 0.4) is 0 Å². The topological polar surface area (TPSA) is 106 Å². The maximum atomic E-state index is 5.85. The number of ether oxygens (including phenoxy) is 3. The number of methoxy groups -OCH3 is 3. The Kier molecular flexibility index (Phi) is 6.92. The molecule has 0 amide bonds. The third kappa shape index (κ3) is 4.38. The van der Waals surface area contributed by atoms with Gasteiger partial charge in [0.15, 0.2) is 11.5 Å². The maximum Gasteiger partial charge on any atom is 0.221 e. The molecule has 0 aliphatic rings. The number of benzene rings is 1. The van der Waals surface area contributed by atoms with Crippen LogP contribution < -0.4 is 25.7 Å². The summed E-state index contributed by atoms with van der Waals surface area (Å²) in [5, 5.41) is 0. The second-order valence-corrected chi connectivity index (χ2v) is 4.35. The van der Waals surface area contributed by atoms with Crippen molar-refractivity contribution in [2.24, 2.45) is 0 Å². The summed E-state index contributed by atoms with van der Waals surface area (Å²) in [6.07, 6.45) is 2.14. The molecule has 0 saturated carbocycles. The summed E-state index contributed by atoms with van der Waals surface area (Å²) in [5.41, 5.74) is 13.1. The van der Waals surface area contributed by atoms with Crippen LogP contribution in [-0.2, 0) is 6.42 Å². The van der Waals surface area contributed by atoms with E-state index in [1.165, 1.54) is 0 Å². The van der Waals surface area contributed by atoms with E-state index < -0.39 is 0 Å². The Morgan fingerprint density at radius 3 is 1.96 bits per heavy atom. The van der Waals surface area contributed by atoms with E-state index in [0.717, 1.165) is 11.1 Å². The van der Waals surface area contributed by atoms with Crippen molar-refractivity contribution in [1.29, 1.82) is 0 Å². The minimum Gasteiger partial charge on any atom is -0.493 e. The van der Waals surface area contributed by atoms with E-state index >= 15 is 0 Å². The van der Waals surface area contributed by atoms with Gasteiger partial charge in [0.1, 0.15) is 5.82 Å². The minimum absolute atomic E-state index is 0.154. The van der Waals surface area contributed by atoms with Crippen molar-refractivity contribution in [2.45, 2.75) is 20.3 Å². The molecule has 0 aliphatic carbocycles. The SMILES string of the molecule is CC.COc1cc(Cc2cnc(N)nc2N)cc(OC)c1OC. The van der Waals surface area contributed by atoms with Gasteiger partial charge in [0, 0.05) is 18.2 Å². The Morgan fingerprint density at radius 1 is 0.957 bits per heavy atom. The van der Waals surface area contributed by atoms with Crippen LogP contribution in [0, 0.1) is 0 Å². The second-order valence-electron chi connectivity index (χ2n) is 4.35. The van der Waals surface area contributed by atoms with Gasteiger partial charge in [0.2, 0.25) is 11.7 Å². The van der Waals surface area contributed by atoms with Crippen LogP contribution in [0.4, 0.5) is 11.8 Å². The van der Waals surface area contributed by atoms with E-state index in [2.05, 4.69) is 9.97 Å². The van der Waals surface area contributed by atoms with Crippen LogP contribution in [0.5, 0.6) is 17.2 Å². The average Bonchev–Trinajstić information content (AvgIpc) is 2.58. The molecular formula is C16H24N4O3. The highest BCUT2D eigenvalue weighted by molar-refractivity contribution is 5.55. The van der Waals surface area contributed by atoms with Crippen molar-refractivity contribution in [2.75, 3.05) is 32.8 Å². The number of hydrogen-bond acceptors (Lipinski definition) is 7. The van der Waals surface area contributed by atoms with Crippen molar-refractivity contribution in [1.82, 2.24) is 9.97 Å². The molecule has 1 aromatic heterocycles. The smallest absolute Gasteiger partial charge is 0.221 e. The van der Waals surface area contributed by atoms with Crippen molar-refractivity contribution in [3.05, 3.63) is 29.5 Å². The molecule has 0 saturated heterocycles. The maximum absolute atomic E-state index is 5.85. The van der Waals surface area contributed by atoms with Gasteiger partial charge in [-0.1, -0.05) is 13.8 Å². The average molecular weight is 320 g/mol. The Bertz CT molecular complexity index is 622. The summed E-state index contributed by atoms with van der Waals surface area (Å²) < 4.78 is 15.9. The Hall–Kier alpha value is -2.70. The molecule has 2 aromatic rings. The first-order chi connectivity index (χ1) is 11.1. The zero-order valence-corrected chi connectivity index (χ0v) is 14.2. The number of nitrogens with two attached hydrogens (primary N) is 2. The zero-order valence-electron chi connectivity index (χ0n) is 14.2. The summed E-state index contributed by atoms with van der Waals surface area (Å²) in [7, 11) is 4.70. The molecule has 0 bridgehead atoms. The zero-order chi connectivity index (χ0) is 17.4. The lowest BCUT2D eigenvalue weighted by molar-refractivity contribution is 0.324. The number of nitrogens with zero attached hydrogens (tertiary/aromatic N) is 2. The van der Waals surface area contributed by atoms with Gasteiger partial charge in [-0.05, 0) is 17.7 Å². The molecule has 4 N–H and O–H groups in total. The van der Waals surface area contributed by atoms with Gasteiger partial charge in [0.25, 0.3) is 0 Å². The fourth-order valence-corrected chi connectivity index (χ4v) is 2.03. The molecular weight excluding hydrogens is 296 g/mol. The van der Waals surface area contributed by atoms with Crippen molar-refractivity contribution in [3.8, 4) is 17.2 Å².